The summed E-state index contributed by atoms with van der Waals surface area (Å²) in [5, 5.41) is 31.2. The van der Waals surface area contributed by atoms with E-state index < -0.39 is 17.2 Å². The molecule has 1 unspecified atom stereocenters. The molecule has 0 amide bonds. The first-order chi connectivity index (χ1) is 7.69. The highest BCUT2D eigenvalue weighted by Crippen LogP contribution is 2.38. The maximum absolute atomic E-state index is 12.1. The molecule has 5 heteroatoms. The Balaban J connectivity index is 2.59. The Bertz CT molecular complexity index is 237. The molecule has 1 atom stereocenters. The second kappa shape index (κ2) is 5.20. The van der Waals surface area contributed by atoms with E-state index in [9.17, 15) is 10.3 Å². The largest absolute Gasteiger partial charge is 0.394 e. The number of hydroxylamine groups is 2. The van der Waals surface area contributed by atoms with Gasteiger partial charge in [-0.1, -0.05) is 0 Å². The van der Waals surface area contributed by atoms with Gasteiger partial charge in [0.25, 0.3) is 0 Å². The molecule has 1 fully saturated rings. The van der Waals surface area contributed by atoms with Crippen molar-refractivity contribution < 1.29 is 20.2 Å². The van der Waals surface area contributed by atoms with E-state index in [0.717, 1.165) is 5.06 Å². The normalized spacial score (nSPS) is 27.0. The third kappa shape index (κ3) is 3.63. The molecular weight excluding hydrogens is 222 g/mol. The molecule has 0 spiro atoms. The zero-order valence-corrected chi connectivity index (χ0v) is 11.1. The smallest absolute Gasteiger partial charge is 0.100 e. The van der Waals surface area contributed by atoms with Crippen molar-refractivity contribution in [1.29, 1.82) is 0 Å². The molecule has 0 aliphatic carbocycles. The first-order valence-electron chi connectivity index (χ1n) is 6.07. The molecule has 101 valence electrons. The Labute approximate surface area is 103 Å². The quantitative estimate of drug-likeness (QED) is 0.766. The second-order valence-electron chi connectivity index (χ2n) is 6.12. The summed E-state index contributed by atoms with van der Waals surface area (Å²) in [6.07, 6.45) is 0.383. The van der Waals surface area contributed by atoms with Crippen molar-refractivity contribution in [3.8, 4) is 0 Å². The minimum atomic E-state index is -0.841. The molecule has 2 N–H and O–H groups in total. The molecule has 1 rings (SSSR count). The fraction of sp³-hybridized carbons (Fsp3) is 1.00. The van der Waals surface area contributed by atoms with Crippen molar-refractivity contribution in [2.24, 2.45) is 0 Å². The number of aliphatic hydroxyl groups excluding tert-OH is 2. The van der Waals surface area contributed by atoms with Gasteiger partial charge in [0.2, 0.25) is 0 Å². The van der Waals surface area contributed by atoms with Crippen LogP contribution in [-0.2, 0) is 9.94 Å². The Morgan fingerprint density at radius 2 is 1.76 bits per heavy atom. The van der Waals surface area contributed by atoms with E-state index in [2.05, 4.69) is 0 Å². The average Bonchev–Trinajstić information content (AvgIpc) is 2.21. The van der Waals surface area contributed by atoms with Gasteiger partial charge in [-0.3, -0.25) is 0 Å². The highest BCUT2D eigenvalue weighted by atomic mass is 16.5. The molecule has 1 aliphatic rings. The van der Waals surface area contributed by atoms with Crippen LogP contribution in [0.4, 0.5) is 0 Å². The topological polar surface area (TPSA) is 72.8 Å². The van der Waals surface area contributed by atoms with Crippen LogP contribution in [0, 0.1) is 0 Å². The Kier molecular flexibility index (Phi) is 4.54. The van der Waals surface area contributed by atoms with Crippen molar-refractivity contribution in [3.05, 3.63) is 0 Å². The first kappa shape index (κ1) is 14.9. The Morgan fingerprint density at radius 1 is 1.29 bits per heavy atom. The van der Waals surface area contributed by atoms with Crippen molar-refractivity contribution in [3.63, 3.8) is 0 Å². The maximum Gasteiger partial charge on any atom is 0.100 e. The van der Waals surface area contributed by atoms with Crippen LogP contribution in [0.2, 0.25) is 0 Å². The number of aliphatic hydroxyl groups is 2. The number of piperidine rings is 1. The zero-order valence-electron chi connectivity index (χ0n) is 11.1. The van der Waals surface area contributed by atoms with Crippen LogP contribution >= 0.6 is 0 Å². The summed E-state index contributed by atoms with van der Waals surface area (Å²) in [4.78, 5) is 0. The van der Waals surface area contributed by atoms with Crippen molar-refractivity contribution in [2.45, 2.75) is 63.8 Å². The maximum atomic E-state index is 12.1. The number of hydrogen-bond donors (Lipinski definition) is 2. The predicted octanol–water partition coefficient (Wildman–Crippen LogP) is 0.723. The average molecular weight is 246 g/mol. The summed E-state index contributed by atoms with van der Waals surface area (Å²) < 4.78 is 5.58. The van der Waals surface area contributed by atoms with E-state index in [-0.39, 0.29) is 19.3 Å². The highest BCUT2D eigenvalue weighted by molar-refractivity contribution is 4.96. The number of nitrogens with zero attached hydrogens (tertiary/aromatic N) is 1. The van der Waals surface area contributed by atoms with Gasteiger partial charge in [-0.2, -0.15) is 0 Å². The van der Waals surface area contributed by atoms with Gasteiger partial charge in [-0.15, -0.1) is 10.3 Å². The van der Waals surface area contributed by atoms with E-state index in [1.165, 1.54) is 0 Å². The molecule has 0 bridgehead atoms. The standard InChI is InChI=1S/C12H24NO4/c1-11(2)5-10(17-8-9(15)7-14)6-12(3,4)13(11)16/h9-10,14-15H,5-8H2,1-4H3. The molecule has 0 aromatic carbocycles. The molecule has 0 aromatic heterocycles. The Hall–Kier alpha value is -0.200. The van der Waals surface area contributed by atoms with E-state index in [1.54, 1.807) is 0 Å². The third-order valence-electron chi connectivity index (χ3n) is 3.29. The lowest BCUT2D eigenvalue weighted by Gasteiger charge is -2.49. The van der Waals surface area contributed by atoms with Crippen LogP contribution in [0.5, 0.6) is 0 Å². The molecule has 1 saturated heterocycles. The fourth-order valence-corrected chi connectivity index (χ4v) is 2.59. The molecule has 1 heterocycles. The third-order valence-corrected chi connectivity index (χ3v) is 3.29. The Morgan fingerprint density at radius 3 is 2.18 bits per heavy atom. The van der Waals surface area contributed by atoms with Gasteiger partial charge in [0.1, 0.15) is 6.10 Å². The SMILES string of the molecule is CC1(C)CC(OCC(O)CO)CC(C)(C)N1[O]. The molecular formula is C12H24NO4. The lowest BCUT2D eigenvalue weighted by molar-refractivity contribution is -0.302. The van der Waals surface area contributed by atoms with Crippen LogP contribution in [-0.4, -0.2) is 51.8 Å². The summed E-state index contributed by atoms with van der Waals surface area (Å²) in [5.41, 5.74) is -0.923. The van der Waals surface area contributed by atoms with E-state index in [4.69, 9.17) is 9.84 Å². The summed E-state index contributed by atoms with van der Waals surface area (Å²) in [6, 6.07) is 0. The summed E-state index contributed by atoms with van der Waals surface area (Å²) in [5.74, 6) is 0. The van der Waals surface area contributed by atoms with E-state index in [0.29, 0.717) is 12.8 Å². The van der Waals surface area contributed by atoms with Crippen molar-refractivity contribution in [2.75, 3.05) is 13.2 Å². The van der Waals surface area contributed by atoms with Crippen LogP contribution in [0.25, 0.3) is 0 Å². The molecule has 0 saturated carbocycles. The molecule has 0 aromatic rings. The highest BCUT2D eigenvalue weighted by Gasteiger charge is 2.46. The summed E-state index contributed by atoms with van der Waals surface area (Å²) in [6.45, 7) is 7.43. The minimum absolute atomic E-state index is 0.0496. The minimum Gasteiger partial charge on any atom is -0.394 e. The molecule has 17 heavy (non-hydrogen) atoms. The first-order valence-corrected chi connectivity index (χ1v) is 6.07. The van der Waals surface area contributed by atoms with Gasteiger partial charge in [-0.05, 0) is 40.5 Å². The van der Waals surface area contributed by atoms with Gasteiger partial charge in [0, 0.05) is 11.1 Å². The van der Waals surface area contributed by atoms with Crippen LogP contribution in [0.15, 0.2) is 0 Å². The zero-order chi connectivity index (χ0) is 13.3. The monoisotopic (exact) mass is 246 g/mol. The number of hydrogen-bond acceptors (Lipinski definition) is 4. The van der Waals surface area contributed by atoms with Gasteiger partial charge in [0.05, 0.1) is 19.3 Å². The van der Waals surface area contributed by atoms with Crippen molar-refractivity contribution in [1.82, 2.24) is 5.06 Å². The van der Waals surface area contributed by atoms with Crippen LogP contribution in [0.3, 0.4) is 0 Å². The van der Waals surface area contributed by atoms with Crippen LogP contribution < -0.4 is 0 Å². The number of rotatable bonds is 4. The van der Waals surface area contributed by atoms with Gasteiger partial charge < -0.3 is 14.9 Å². The van der Waals surface area contributed by atoms with E-state index >= 15 is 0 Å². The van der Waals surface area contributed by atoms with Gasteiger partial charge in [-0.25, -0.2) is 0 Å². The predicted molar refractivity (Wildman–Crippen MR) is 62.8 cm³/mol. The van der Waals surface area contributed by atoms with Gasteiger partial charge in [0.15, 0.2) is 0 Å². The molecule has 1 radical (unpaired) electrons. The van der Waals surface area contributed by atoms with Crippen molar-refractivity contribution >= 4 is 0 Å². The van der Waals surface area contributed by atoms with Crippen LogP contribution in [0.1, 0.15) is 40.5 Å². The second-order valence-corrected chi connectivity index (χ2v) is 6.12. The molecule has 1 aliphatic heterocycles. The number of ether oxygens (including phenoxy) is 1. The van der Waals surface area contributed by atoms with E-state index in [1.807, 2.05) is 27.7 Å². The summed E-state index contributed by atoms with van der Waals surface area (Å²) >= 11 is 0. The lowest BCUT2D eigenvalue weighted by Crippen LogP contribution is -2.60. The summed E-state index contributed by atoms with van der Waals surface area (Å²) in [7, 11) is 0. The molecule has 5 nitrogen and oxygen atoms in total. The lowest BCUT2D eigenvalue weighted by atomic mass is 9.80. The van der Waals surface area contributed by atoms with Gasteiger partial charge >= 0.3 is 0 Å². The fourth-order valence-electron chi connectivity index (χ4n) is 2.59.